The molecule has 0 N–H and O–H groups in total. The lowest BCUT2D eigenvalue weighted by atomic mass is 10.0. The second-order valence-corrected chi connectivity index (χ2v) is 7.03. The van der Waals surface area contributed by atoms with Crippen molar-refractivity contribution in [2.75, 3.05) is 20.1 Å². The lowest BCUT2D eigenvalue weighted by molar-refractivity contribution is 0.0655. The maximum atomic E-state index is 13.0. The van der Waals surface area contributed by atoms with E-state index in [-0.39, 0.29) is 17.5 Å². The Labute approximate surface area is 143 Å². The fourth-order valence-electron chi connectivity index (χ4n) is 4.05. The molecule has 2 aliphatic rings. The Morgan fingerprint density at radius 2 is 1.96 bits per heavy atom. The number of likely N-dealkylation sites (N-methyl/N-ethyl adjacent to an activating group) is 1. The van der Waals surface area contributed by atoms with E-state index in [1.807, 2.05) is 4.90 Å². The highest BCUT2D eigenvalue weighted by atomic mass is 16.2. The van der Waals surface area contributed by atoms with Crippen LogP contribution >= 0.6 is 0 Å². The Balaban J connectivity index is 1.79. The highest BCUT2D eigenvalue weighted by Gasteiger charge is 2.39. The predicted molar refractivity (Wildman–Crippen MR) is 93.1 cm³/mol. The van der Waals surface area contributed by atoms with Crippen LogP contribution in [0.2, 0.25) is 0 Å². The summed E-state index contributed by atoms with van der Waals surface area (Å²) < 4.78 is 1.43. The number of aryl methyl sites for hydroxylation is 1. The van der Waals surface area contributed by atoms with Gasteiger partial charge in [0, 0.05) is 31.2 Å². The minimum Gasteiger partial charge on any atom is -0.333 e. The number of hydrogen-bond donors (Lipinski definition) is 0. The molecule has 0 bridgehead atoms. The average molecular weight is 332 g/mol. The van der Waals surface area contributed by atoms with Gasteiger partial charge in [0.25, 0.3) is 11.5 Å². The molecule has 0 aromatic carbocycles. The molecule has 1 aromatic heterocycles. The van der Waals surface area contributed by atoms with Crippen molar-refractivity contribution in [3.8, 4) is 0 Å². The SMILES string of the molecule is CCCCn1nc(C(=O)N2CCC[C@H]2[C@@H]2CCCN2C)ccc1=O. The number of aromatic nitrogens is 2. The van der Waals surface area contributed by atoms with E-state index in [4.69, 9.17) is 0 Å². The Morgan fingerprint density at radius 1 is 1.21 bits per heavy atom. The lowest BCUT2D eigenvalue weighted by Gasteiger charge is -2.33. The number of hydrogen-bond acceptors (Lipinski definition) is 4. The largest absolute Gasteiger partial charge is 0.333 e. The van der Waals surface area contributed by atoms with Crippen LogP contribution in [0, 0.1) is 0 Å². The summed E-state index contributed by atoms with van der Waals surface area (Å²) in [6.45, 7) is 4.56. The molecule has 2 fully saturated rings. The van der Waals surface area contributed by atoms with E-state index in [0.717, 1.165) is 45.2 Å². The summed E-state index contributed by atoms with van der Waals surface area (Å²) in [7, 11) is 2.15. The number of carbonyl (C=O) groups excluding carboxylic acids is 1. The first-order valence-electron chi connectivity index (χ1n) is 9.21. The van der Waals surface area contributed by atoms with Crippen LogP contribution in [0.3, 0.4) is 0 Å². The molecular formula is C18H28N4O2. The molecule has 24 heavy (non-hydrogen) atoms. The van der Waals surface area contributed by atoms with Crippen molar-refractivity contribution in [1.29, 1.82) is 0 Å². The molecule has 1 amide bonds. The van der Waals surface area contributed by atoms with E-state index in [9.17, 15) is 9.59 Å². The molecule has 0 aliphatic carbocycles. The van der Waals surface area contributed by atoms with E-state index in [2.05, 4.69) is 24.0 Å². The van der Waals surface area contributed by atoms with Crippen molar-refractivity contribution in [2.24, 2.45) is 0 Å². The van der Waals surface area contributed by atoms with Gasteiger partial charge in [-0.25, -0.2) is 4.68 Å². The smallest absolute Gasteiger partial charge is 0.274 e. The van der Waals surface area contributed by atoms with Crippen LogP contribution in [0.1, 0.15) is 55.9 Å². The van der Waals surface area contributed by atoms with Crippen molar-refractivity contribution in [1.82, 2.24) is 19.6 Å². The summed E-state index contributed by atoms with van der Waals surface area (Å²) in [5.74, 6) is -0.0250. The second kappa shape index (κ2) is 7.47. The first kappa shape index (κ1) is 17.1. The number of rotatable bonds is 5. The summed E-state index contributed by atoms with van der Waals surface area (Å²) in [4.78, 5) is 29.3. The zero-order valence-electron chi connectivity index (χ0n) is 14.8. The Morgan fingerprint density at radius 3 is 2.67 bits per heavy atom. The number of nitrogens with zero attached hydrogens (tertiary/aromatic N) is 4. The van der Waals surface area contributed by atoms with Gasteiger partial charge in [-0.15, -0.1) is 0 Å². The summed E-state index contributed by atoms with van der Waals surface area (Å²) in [5, 5.41) is 4.33. The molecule has 0 radical (unpaired) electrons. The van der Waals surface area contributed by atoms with Gasteiger partial charge in [0.05, 0.1) is 0 Å². The van der Waals surface area contributed by atoms with Gasteiger partial charge in [-0.2, -0.15) is 5.10 Å². The molecule has 0 saturated carbocycles. The first-order chi connectivity index (χ1) is 11.6. The summed E-state index contributed by atoms with van der Waals surface area (Å²) in [6.07, 6.45) is 6.37. The normalized spacial score (nSPS) is 24.7. The van der Waals surface area contributed by atoms with Gasteiger partial charge >= 0.3 is 0 Å². The van der Waals surface area contributed by atoms with Crippen molar-refractivity contribution < 1.29 is 4.79 Å². The lowest BCUT2D eigenvalue weighted by Crippen LogP contribution is -2.47. The van der Waals surface area contributed by atoms with Crippen molar-refractivity contribution >= 4 is 5.91 Å². The monoisotopic (exact) mass is 332 g/mol. The summed E-state index contributed by atoms with van der Waals surface area (Å²) in [6, 6.07) is 3.80. The number of likely N-dealkylation sites (tertiary alicyclic amines) is 2. The highest BCUT2D eigenvalue weighted by Crippen LogP contribution is 2.29. The zero-order chi connectivity index (χ0) is 17.1. The molecule has 132 valence electrons. The number of unbranched alkanes of at least 4 members (excludes halogenated alkanes) is 1. The standard InChI is InChI=1S/C18H28N4O2/c1-3-4-13-22-17(23)10-9-14(19-22)18(24)21-12-6-8-16(21)15-7-5-11-20(15)2/h9-10,15-16H,3-8,11-13H2,1-2H3/t15-,16-/m0/s1. The fraction of sp³-hybridized carbons (Fsp3) is 0.722. The van der Waals surface area contributed by atoms with Crippen LogP contribution in [0.5, 0.6) is 0 Å². The van der Waals surface area contributed by atoms with Crippen LogP contribution in [0.25, 0.3) is 0 Å². The molecule has 2 atom stereocenters. The molecule has 6 heteroatoms. The summed E-state index contributed by atoms with van der Waals surface area (Å²) >= 11 is 0. The second-order valence-electron chi connectivity index (χ2n) is 7.03. The number of carbonyl (C=O) groups is 1. The molecular weight excluding hydrogens is 304 g/mol. The molecule has 0 spiro atoms. The van der Waals surface area contributed by atoms with Gasteiger partial charge in [0.1, 0.15) is 5.69 Å². The van der Waals surface area contributed by atoms with E-state index in [1.165, 1.54) is 17.2 Å². The van der Waals surface area contributed by atoms with Crippen LogP contribution in [-0.2, 0) is 6.54 Å². The predicted octanol–water partition coefficient (Wildman–Crippen LogP) is 1.74. The molecule has 3 rings (SSSR count). The van der Waals surface area contributed by atoms with E-state index in [1.54, 1.807) is 6.07 Å². The number of amides is 1. The molecule has 0 unspecified atom stereocenters. The summed E-state index contributed by atoms with van der Waals surface area (Å²) in [5.41, 5.74) is 0.270. The quantitative estimate of drug-likeness (QED) is 0.824. The molecule has 1 aromatic rings. The first-order valence-corrected chi connectivity index (χ1v) is 9.21. The van der Waals surface area contributed by atoms with Gasteiger partial charge < -0.3 is 9.80 Å². The molecule has 2 aliphatic heterocycles. The maximum Gasteiger partial charge on any atom is 0.274 e. The molecule has 6 nitrogen and oxygen atoms in total. The van der Waals surface area contributed by atoms with Gasteiger partial charge in [0.15, 0.2) is 0 Å². The van der Waals surface area contributed by atoms with Crippen LogP contribution in [0.4, 0.5) is 0 Å². The van der Waals surface area contributed by atoms with E-state index >= 15 is 0 Å². The minimum absolute atomic E-state index is 0.0250. The Bertz CT molecular complexity index is 642. The minimum atomic E-state index is -0.131. The van der Waals surface area contributed by atoms with E-state index < -0.39 is 0 Å². The van der Waals surface area contributed by atoms with Gasteiger partial charge in [0.2, 0.25) is 0 Å². The van der Waals surface area contributed by atoms with Crippen LogP contribution in [0.15, 0.2) is 16.9 Å². The third-order valence-corrected chi connectivity index (χ3v) is 5.39. The average Bonchev–Trinajstić information content (AvgIpc) is 3.21. The van der Waals surface area contributed by atoms with Crippen molar-refractivity contribution in [2.45, 2.75) is 64.1 Å². The third kappa shape index (κ3) is 3.38. The topological polar surface area (TPSA) is 58.4 Å². The molecule has 3 heterocycles. The maximum absolute atomic E-state index is 13.0. The van der Waals surface area contributed by atoms with Gasteiger partial charge in [-0.05, 0) is 51.8 Å². The molecule has 2 saturated heterocycles. The van der Waals surface area contributed by atoms with Crippen molar-refractivity contribution in [3.05, 3.63) is 28.2 Å². The highest BCUT2D eigenvalue weighted by molar-refractivity contribution is 5.92. The van der Waals surface area contributed by atoms with E-state index in [0.29, 0.717) is 18.3 Å². The van der Waals surface area contributed by atoms with Crippen molar-refractivity contribution in [3.63, 3.8) is 0 Å². The Kier molecular flexibility index (Phi) is 5.33. The third-order valence-electron chi connectivity index (χ3n) is 5.39. The van der Waals surface area contributed by atoms with Gasteiger partial charge in [-0.3, -0.25) is 9.59 Å². The zero-order valence-corrected chi connectivity index (χ0v) is 14.8. The van der Waals surface area contributed by atoms with Crippen LogP contribution < -0.4 is 5.56 Å². The Hall–Kier alpha value is -1.69. The van der Waals surface area contributed by atoms with Crippen LogP contribution in [-0.4, -0.2) is 57.7 Å². The fourth-order valence-corrected chi connectivity index (χ4v) is 4.05. The van der Waals surface area contributed by atoms with Gasteiger partial charge in [-0.1, -0.05) is 13.3 Å².